The number of ether oxygens (including phenoxy) is 6. The van der Waals surface area contributed by atoms with Crippen LogP contribution >= 0.6 is 34.8 Å². The molecule has 6 aromatic carbocycles. The average molecular weight is 1940 g/mol. The molecule has 0 radical (unpaired) electrons. The molecule has 37 heteroatoms. The minimum Gasteiger partial charge on any atom is -0.494 e. The van der Waals surface area contributed by atoms with Crippen LogP contribution in [0.3, 0.4) is 0 Å². The molecular weight excluding hydrogens is 1840 g/mol. The summed E-state index contributed by atoms with van der Waals surface area (Å²) in [5, 5.41) is 48.8. The van der Waals surface area contributed by atoms with E-state index < -0.39 is 20.2 Å². The first-order valence-electron chi connectivity index (χ1n) is 43.3. The fraction of sp³-hybridized carbons (Fsp3) is 0.273. The van der Waals surface area contributed by atoms with Crippen LogP contribution in [0, 0.1) is 34.0 Å². The number of amides is 2. The van der Waals surface area contributed by atoms with E-state index in [1.54, 1.807) is 97.5 Å². The van der Waals surface area contributed by atoms with Crippen molar-refractivity contribution in [2.45, 2.75) is 104 Å². The van der Waals surface area contributed by atoms with Gasteiger partial charge in [0.2, 0.25) is 11.8 Å². The molecule has 3 aliphatic rings. The van der Waals surface area contributed by atoms with Gasteiger partial charge in [0.1, 0.15) is 72.5 Å². The highest BCUT2D eigenvalue weighted by molar-refractivity contribution is 7.85. The maximum absolute atomic E-state index is 13.0. The molecule has 12 aromatic rings. The van der Waals surface area contributed by atoms with E-state index in [0.717, 1.165) is 80.8 Å². The van der Waals surface area contributed by atoms with E-state index in [4.69, 9.17) is 72.3 Å². The van der Waals surface area contributed by atoms with Crippen molar-refractivity contribution in [2.24, 2.45) is 0 Å². The Morgan fingerprint density at radius 1 is 0.434 bits per heavy atom. The molecule has 6 aromatic heterocycles. The quantitative estimate of drug-likeness (QED) is 0.0157. The summed E-state index contributed by atoms with van der Waals surface area (Å²) in [6.07, 6.45) is 28.4. The van der Waals surface area contributed by atoms with E-state index in [9.17, 15) is 47.0 Å². The van der Waals surface area contributed by atoms with Gasteiger partial charge in [-0.1, -0.05) is 71.2 Å². The summed E-state index contributed by atoms with van der Waals surface area (Å²) >= 11 is 19.6. The molecule has 3 aliphatic heterocycles. The van der Waals surface area contributed by atoms with Gasteiger partial charge < -0.3 is 55.0 Å². The van der Waals surface area contributed by atoms with Crippen molar-refractivity contribution in [3.63, 3.8) is 0 Å². The number of hydrogen-bond acceptors (Lipinski definition) is 28. The number of nitriles is 3. The number of benzene rings is 6. The lowest BCUT2D eigenvalue weighted by Gasteiger charge is -2.17. The highest BCUT2D eigenvalue weighted by atomic mass is 35.5. The lowest BCUT2D eigenvalue weighted by molar-refractivity contribution is -0.114. The predicted octanol–water partition coefficient (Wildman–Crippen LogP) is 18.6. The number of carbonyl (C=O) groups is 3. The van der Waals surface area contributed by atoms with Gasteiger partial charge in [-0.2, -0.15) is 32.6 Å². The standard InChI is InChI=1S/C33H32ClN5O3.2C32H31ClN6O3.2CH4O3S/c1-3-41-32-18-30-28(16-22(32)15-27(40)11-10-26-8-6-14-39(26)2)33(23(19-35)20-37-30)38-24-9-12-31(29(34)17-24)42-21-25-7-4-5-13-36-25;2*1-3-41-30-17-27-25(16-28(30)38-31(40)12-10-24-8-6-14-39(24)2)32(21(18-34)19-36-27)37-22-9-11-29(26(33)15-22)42-20-23-7-4-5-13-35-23;2*1-5(2,3)4/h4-5,7,9-13,16-18,20,26H,3,6,8,14-15,21H2,1-2H3,(H,37,38);2*4-5,7,9-13,15-17,19,24H,3,6,8,14,20H2,1-2H3,(H,36,37)(H,38,40);2*1H3,(H,2,3,4)/b11-10+;2*12-10+;;/t26-;2*24-;;/m111../s1. The Morgan fingerprint density at radius 2 is 0.750 bits per heavy atom. The molecular formula is C99H102Cl3N17O15S2. The van der Waals surface area contributed by atoms with Crippen molar-refractivity contribution in [3.05, 3.63) is 274 Å². The van der Waals surface area contributed by atoms with Crippen LogP contribution in [0.15, 0.2) is 219 Å². The number of nitrogens with one attached hydrogen (secondary N) is 5. The third-order valence-corrected chi connectivity index (χ3v) is 22.1. The summed E-state index contributed by atoms with van der Waals surface area (Å²) in [5.41, 5.74) is 10.5. The summed E-state index contributed by atoms with van der Waals surface area (Å²) in [4.78, 5) is 71.7. The number of likely N-dealkylation sites (N-methyl/N-ethyl adjacent to an activating group) is 3. The van der Waals surface area contributed by atoms with E-state index >= 15 is 0 Å². The molecule has 0 bridgehead atoms. The summed E-state index contributed by atoms with van der Waals surface area (Å²) in [5.74, 6) is 2.59. The van der Waals surface area contributed by atoms with E-state index in [0.29, 0.717) is 177 Å². The van der Waals surface area contributed by atoms with Gasteiger partial charge in [-0.15, -0.1) is 0 Å². The van der Waals surface area contributed by atoms with Crippen molar-refractivity contribution in [1.29, 1.82) is 15.8 Å². The third kappa shape index (κ3) is 30.8. The minimum absolute atomic E-state index is 0.0115. The van der Waals surface area contributed by atoms with Crippen molar-refractivity contribution < 1.29 is 68.7 Å². The van der Waals surface area contributed by atoms with Gasteiger partial charge >= 0.3 is 0 Å². The van der Waals surface area contributed by atoms with Gasteiger partial charge in [0.25, 0.3) is 20.2 Å². The van der Waals surface area contributed by atoms with E-state index in [2.05, 4.69) is 111 Å². The molecule has 136 heavy (non-hydrogen) atoms. The highest BCUT2D eigenvalue weighted by Crippen LogP contribution is 2.42. The maximum atomic E-state index is 13.0. The van der Waals surface area contributed by atoms with Gasteiger partial charge in [0.05, 0.1) is 126 Å². The lowest BCUT2D eigenvalue weighted by atomic mass is 10.0. The fourth-order valence-corrected chi connectivity index (χ4v) is 15.4. The summed E-state index contributed by atoms with van der Waals surface area (Å²) in [6, 6.07) is 51.0. The first-order valence-corrected chi connectivity index (χ1v) is 48.1. The summed E-state index contributed by atoms with van der Waals surface area (Å²) in [6.45, 7) is 10.8. The fourth-order valence-electron chi connectivity index (χ4n) is 14.7. The molecule has 3 atom stereocenters. The number of hydrogen-bond donors (Lipinski definition) is 7. The van der Waals surface area contributed by atoms with Crippen molar-refractivity contribution in [1.82, 2.24) is 44.6 Å². The topological polar surface area (TPSA) is 434 Å². The molecule has 3 fully saturated rings. The number of ketones is 1. The minimum atomic E-state index is -3.67. The molecule has 0 spiro atoms. The van der Waals surface area contributed by atoms with Crippen LogP contribution in [-0.2, 0) is 60.9 Å². The Labute approximate surface area is 804 Å². The normalized spacial score (nSPS) is 14.8. The molecule has 0 saturated carbocycles. The molecule has 0 unspecified atom stereocenters. The molecule has 0 aliphatic carbocycles. The van der Waals surface area contributed by atoms with Crippen molar-refractivity contribution in [3.8, 4) is 52.7 Å². The molecule has 9 heterocycles. The largest absolute Gasteiger partial charge is 0.494 e. The Kier molecular flexibility index (Phi) is 37.6. The smallest absolute Gasteiger partial charge is 0.261 e. The number of aromatic nitrogens is 6. The number of allylic oxidation sites excluding steroid dienone is 1. The third-order valence-electron chi connectivity index (χ3n) is 21.2. The van der Waals surface area contributed by atoms with E-state index in [1.807, 2.05) is 124 Å². The Morgan fingerprint density at radius 3 is 1.04 bits per heavy atom. The van der Waals surface area contributed by atoms with Gasteiger partial charge in [-0.25, -0.2) is 0 Å². The second-order valence-electron chi connectivity index (χ2n) is 31.4. The van der Waals surface area contributed by atoms with E-state index in [-0.39, 0.29) is 62.0 Å². The van der Waals surface area contributed by atoms with Gasteiger partial charge in [-0.05, 0) is 215 Å². The highest BCUT2D eigenvalue weighted by Gasteiger charge is 2.25. The number of fused-ring (bicyclic) bond motifs is 3. The Balaban J connectivity index is 0.000000186. The number of pyridine rings is 6. The Bertz CT molecular complexity index is 6090. The first kappa shape index (κ1) is 103. The Hall–Kier alpha value is -13.9. The molecule has 15 rings (SSSR count). The molecule has 706 valence electrons. The summed E-state index contributed by atoms with van der Waals surface area (Å²) < 4.78 is 86.8. The second kappa shape index (κ2) is 49.9. The van der Waals surface area contributed by atoms with E-state index in [1.165, 1.54) is 18.6 Å². The number of carbonyl (C=O) groups excluding carboxylic acids is 3. The van der Waals surface area contributed by atoms with Crippen LogP contribution in [0.25, 0.3) is 32.7 Å². The van der Waals surface area contributed by atoms with Crippen LogP contribution in [0.1, 0.15) is 98.6 Å². The maximum Gasteiger partial charge on any atom is 0.261 e. The number of rotatable bonds is 31. The molecule has 32 nitrogen and oxygen atoms in total. The zero-order chi connectivity index (χ0) is 97.4. The summed E-state index contributed by atoms with van der Waals surface area (Å²) in [7, 11) is -1.14. The van der Waals surface area contributed by atoms with Crippen molar-refractivity contribution >= 4 is 151 Å². The number of likely N-dealkylation sites (tertiary alicyclic amines) is 3. The first-order chi connectivity index (χ1) is 65.3. The number of halogens is 3. The molecule has 7 N–H and O–H groups in total. The van der Waals surface area contributed by atoms with Crippen LogP contribution in [0.5, 0.6) is 34.5 Å². The van der Waals surface area contributed by atoms with Crippen LogP contribution in [0.2, 0.25) is 15.1 Å². The monoisotopic (exact) mass is 1940 g/mol. The predicted molar refractivity (Wildman–Crippen MR) is 528 cm³/mol. The van der Waals surface area contributed by atoms with Gasteiger partial charge in [0.15, 0.2) is 5.78 Å². The average Bonchev–Trinajstić information content (AvgIpc) is 1.11. The van der Waals surface area contributed by atoms with Crippen LogP contribution in [-0.4, -0.2) is 179 Å². The van der Waals surface area contributed by atoms with Crippen LogP contribution in [0.4, 0.5) is 45.5 Å². The van der Waals surface area contributed by atoms with Gasteiger partial charge in [-0.3, -0.25) is 68.1 Å². The number of nitrogens with zero attached hydrogens (tertiary/aromatic N) is 12. The number of anilines is 8. The zero-order valence-electron chi connectivity index (χ0n) is 75.8. The molecule has 3 saturated heterocycles. The second-order valence-corrected chi connectivity index (χ2v) is 35.5. The lowest BCUT2D eigenvalue weighted by Crippen LogP contribution is -2.23. The SMILES string of the molecule is CCOc1cc2ncc(C#N)c(Nc3ccc(OCc4ccccn4)c(Cl)c3)c2cc1CC(=O)/C=C/[C@H]1CCCN1C.CCOc1cc2ncc(C#N)c(Nc3ccc(OCc4ccccn4)c(Cl)c3)c2cc1NC(=O)/C=C/[C@H]1CCCN1C.CCOc1cc2ncc(C#N)c(Nc3ccc(OCc4ccccn4)c(Cl)c3)c2cc1NC(=O)/C=C/[C@H]1CCCN1C.CS(=O)(=O)O.CS(=O)(=O)O. The van der Waals surface area contributed by atoms with Gasteiger partial charge in [0, 0.05) is 131 Å². The molecule has 2 amide bonds. The van der Waals surface area contributed by atoms with Crippen LogP contribution < -0.4 is 55.0 Å². The zero-order valence-corrected chi connectivity index (χ0v) is 79.7. The van der Waals surface area contributed by atoms with Crippen molar-refractivity contribution in [2.75, 3.05) is 99.7 Å².